The van der Waals surface area contributed by atoms with E-state index in [2.05, 4.69) is 21.0 Å². The summed E-state index contributed by atoms with van der Waals surface area (Å²) in [5, 5.41) is 11.0. The van der Waals surface area contributed by atoms with Gasteiger partial charge in [-0.15, -0.1) is 0 Å². The minimum atomic E-state index is -1.00. The molecule has 0 bridgehead atoms. The van der Waals surface area contributed by atoms with E-state index in [9.17, 15) is 9.90 Å². The molecule has 7 heteroatoms. The van der Waals surface area contributed by atoms with Gasteiger partial charge in [-0.3, -0.25) is 0 Å². The Bertz CT molecular complexity index is 1430. The summed E-state index contributed by atoms with van der Waals surface area (Å²) in [4.78, 5) is 22.1. The Labute approximate surface area is 176 Å². The van der Waals surface area contributed by atoms with Crippen LogP contribution in [0.1, 0.15) is 15.9 Å². The number of aryl methyl sites for hydroxylation is 1. The van der Waals surface area contributed by atoms with E-state index in [1.807, 2.05) is 36.5 Å². The molecule has 148 valence electrons. The predicted molar refractivity (Wildman–Crippen MR) is 117 cm³/mol. The molecular weight excluding hydrogens is 402 g/mol. The third-order valence-electron chi connectivity index (χ3n) is 5.07. The van der Waals surface area contributed by atoms with Crippen LogP contribution in [0.4, 0.5) is 0 Å². The van der Waals surface area contributed by atoms with E-state index in [0.717, 1.165) is 27.5 Å². The van der Waals surface area contributed by atoms with Crippen LogP contribution in [0.3, 0.4) is 0 Å². The van der Waals surface area contributed by atoms with Gasteiger partial charge in [0, 0.05) is 17.3 Å². The van der Waals surface area contributed by atoms with Crippen LogP contribution in [0.25, 0.3) is 33.1 Å². The number of ether oxygens (including phenoxy) is 1. The molecule has 5 rings (SSSR count). The first kappa shape index (κ1) is 18.3. The second kappa shape index (κ2) is 6.93. The van der Waals surface area contributed by atoms with E-state index in [-0.39, 0.29) is 11.6 Å². The van der Waals surface area contributed by atoms with Crippen LogP contribution < -0.4 is 4.74 Å². The van der Waals surface area contributed by atoms with Crippen molar-refractivity contribution < 1.29 is 14.6 Å². The number of carboxylic acids is 1. The van der Waals surface area contributed by atoms with Crippen molar-refractivity contribution in [1.82, 2.24) is 15.0 Å². The van der Waals surface area contributed by atoms with Crippen LogP contribution in [-0.2, 0) is 0 Å². The highest BCUT2D eigenvalue weighted by Gasteiger charge is 2.13. The summed E-state index contributed by atoms with van der Waals surface area (Å²) in [5.41, 5.74) is 5.20. The zero-order chi connectivity index (χ0) is 20.8. The number of carboxylic acid groups (broad SMARTS) is 1. The van der Waals surface area contributed by atoms with Crippen molar-refractivity contribution in [1.29, 1.82) is 0 Å². The molecule has 2 heterocycles. The van der Waals surface area contributed by atoms with Crippen LogP contribution in [0.15, 0.2) is 60.8 Å². The lowest BCUT2D eigenvalue weighted by Crippen LogP contribution is -2.00. The molecule has 0 saturated heterocycles. The Morgan fingerprint density at radius 2 is 1.93 bits per heavy atom. The van der Waals surface area contributed by atoms with Crippen LogP contribution in [0.5, 0.6) is 11.8 Å². The molecule has 0 fully saturated rings. The van der Waals surface area contributed by atoms with Crippen molar-refractivity contribution >= 4 is 39.5 Å². The molecule has 3 N–H and O–H groups in total. The van der Waals surface area contributed by atoms with Crippen LogP contribution in [-0.4, -0.2) is 26.0 Å². The lowest BCUT2D eigenvalue weighted by molar-refractivity contribution is 0.0695. The number of aromatic carboxylic acids is 1. The van der Waals surface area contributed by atoms with Gasteiger partial charge in [0.2, 0.25) is 0 Å². The number of imidazole rings is 1. The number of halogens is 1. The van der Waals surface area contributed by atoms with E-state index in [4.69, 9.17) is 16.3 Å². The molecule has 0 aliphatic heterocycles. The van der Waals surface area contributed by atoms with Gasteiger partial charge in [0.1, 0.15) is 5.75 Å². The summed E-state index contributed by atoms with van der Waals surface area (Å²) < 4.78 is 5.76. The van der Waals surface area contributed by atoms with Gasteiger partial charge in [-0.05, 0) is 65.9 Å². The summed E-state index contributed by atoms with van der Waals surface area (Å²) in [6.45, 7) is 1.74. The fourth-order valence-electron chi connectivity index (χ4n) is 3.50. The maximum absolute atomic E-state index is 11.3. The zero-order valence-corrected chi connectivity index (χ0v) is 16.6. The first-order valence-electron chi connectivity index (χ1n) is 9.26. The van der Waals surface area contributed by atoms with E-state index >= 15 is 0 Å². The van der Waals surface area contributed by atoms with Gasteiger partial charge < -0.3 is 19.8 Å². The van der Waals surface area contributed by atoms with Crippen molar-refractivity contribution in [3.05, 3.63) is 76.9 Å². The van der Waals surface area contributed by atoms with Gasteiger partial charge in [-0.25, -0.2) is 4.79 Å². The average Bonchev–Trinajstić information content (AvgIpc) is 3.33. The molecule has 0 atom stereocenters. The average molecular weight is 418 g/mol. The van der Waals surface area contributed by atoms with Crippen molar-refractivity contribution in [2.75, 3.05) is 0 Å². The molecule has 0 saturated carbocycles. The minimum Gasteiger partial charge on any atom is -0.478 e. The van der Waals surface area contributed by atoms with Crippen molar-refractivity contribution in [3.8, 4) is 22.9 Å². The number of nitrogens with zero attached hydrogens (tertiary/aromatic N) is 1. The molecular formula is C23H16ClN3O3. The molecule has 0 unspecified atom stereocenters. The quantitative estimate of drug-likeness (QED) is 0.326. The number of benzene rings is 3. The molecule has 3 aromatic carbocycles. The largest absolute Gasteiger partial charge is 0.478 e. The lowest BCUT2D eigenvalue weighted by atomic mass is 10.0. The lowest BCUT2D eigenvalue weighted by Gasteiger charge is -2.05. The summed E-state index contributed by atoms with van der Waals surface area (Å²) in [6.07, 6.45) is 1.90. The summed E-state index contributed by atoms with van der Waals surface area (Å²) in [6, 6.07) is 17.0. The van der Waals surface area contributed by atoms with Crippen molar-refractivity contribution in [2.24, 2.45) is 0 Å². The first-order chi connectivity index (χ1) is 14.5. The number of nitrogens with one attached hydrogen (secondary N) is 2. The molecule has 6 nitrogen and oxygen atoms in total. The maximum atomic E-state index is 11.3. The normalized spacial score (nSPS) is 11.3. The van der Waals surface area contributed by atoms with E-state index in [1.165, 1.54) is 6.07 Å². The highest BCUT2D eigenvalue weighted by atomic mass is 35.5. The molecule has 0 aliphatic rings. The number of aromatic amines is 2. The van der Waals surface area contributed by atoms with Crippen LogP contribution in [0, 0.1) is 6.92 Å². The number of rotatable bonds is 4. The van der Waals surface area contributed by atoms with Gasteiger partial charge in [0.05, 0.1) is 21.6 Å². The maximum Gasteiger partial charge on any atom is 0.336 e. The number of H-pyrrole nitrogens is 2. The number of carbonyl (C=O) groups is 1. The SMILES string of the molecule is Cc1ccc(Oc2nc3cc(-c4ccc5[nH]ccc5c4)c(Cl)cc3[nH]2)cc1C(=O)O. The summed E-state index contributed by atoms with van der Waals surface area (Å²) in [7, 11) is 0. The van der Waals surface area contributed by atoms with E-state index < -0.39 is 5.97 Å². The smallest absolute Gasteiger partial charge is 0.336 e. The van der Waals surface area contributed by atoms with Gasteiger partial charge in [0.25, 0.3) is 6.01 Å². The fraction of sp³-hybridized carbons (Fsp3) is 0.0435. The molecule has 2 aromatic heterocycles. The number of hydrogen-bond donors (Lipinski definition) is 3. The minimum absolute atomic E-state index is 0.189. The third-order valence-corrected chi connectivity index (χ3v) is 5.38. The highest BCUT2D eigenvalue weighted by Crippen LogP contribution is 2.34. The number of fused-ring (bicyclic) bond motifs is 2. The summed E-state index contributed by atoms with van der Waals surface area (Å²) in [5.74, 6) is -0.611. The summed E-state index contributed by atoms with van der Waals surface area (Å²) >= 11 is 6.54. The third kappa shape index (κ3) is 3.17. The molecule has 5 aromatic rings. The van der Waals surface area contributed by atoms with Crippen LogP contribution >= 0.6 is 11.6 Å². The van der Waals surface area contributed by atoms with E-state index in [1.54, 1.807) is 19.1 Å². The predicted octanol–water partition coefficient (Wildman–Crippen LogP) is 6.16. The standard InChI is InChI=1S/C23H16ClN3O3/c1-12-2-4-15(9-16(12)22(28)29)30-23-26-20-10-17(18(24)11-21(20)27-23)13-3-5-19-14(8-13)6-7-25-19/h2-11,25H,1H3,(H,26,27)(H,28,29). The van der Waals surface area contributed by atoms with Crippen molar-refractivity contribution in [3.63, 3.8) is 0 Å². The second-order valence-electron chi connectivity index (χ2n) is 7.05. The monoisotopic (exact) mass is 417 g/mol. The number of hydrogen-bond acceptors (Lipinski definition) is 3. The first-order valence-corrected chi connectivity index (χ1v) is 9.64. The van der Waals surface area contributed by atoms with Gasteiger partial charge in [-0.1, -0.05) is 23.7 Å². The molecule has 0 amide bonds. The molecule has 0 radical (unpaired) electrons. The molecule has 0 aliphatic carbocycles. The topological polar surface area (TPSA) is 91.0 Å². The van der Waals surface area contributed by atoms with E-state index in [0.29, 0.717) is 21.9 Å². The number of aromatic nitrogens is 3. The van der Waals surface area contributed by atoms with Crippen molar-refractivity contribution in [2.45, 2.75) is 6.92 Å². The van der Waals surface area contributed by atoms with Gasteiger partial charge in [-0.2, -0.15) is 4.98 Å². The van der Waals surface area contributed by atoms with Crippen LogP contribution in [0.2, 0.25) is 5.02 Å². The zero-order valence-electron chi connectivity index (χ0n) is 15.9. The Kier molecular flexibility index (Phi) is 4.22. The Hall–Kier alpha value is -3.77. The fourth-order valence-corrected chi connectivity index (χ4v) is 3.78. The molecule has 0 spiro atoms. The van der Waals surface area contributed by atoms with Gasteiger partial charge >= 0.3 is 5.97 Å². The van der Waals surface area contributed by atoms with Gasteiger partial charge in [0.15, 0.2) is 0 Å². The highest BCUT2D eigenvalue weighted by molar-refractivity contribution is 6.34. The Balaban J connectivity index is 1.52. The Morgan fingerprint density at radius 3 is 2.77 bits per heavy atom. The molecule has 30 heavy (non-hydrogen) atoms. The Morgan fingerprint density at radius 1 is 1.07 bits per heavy atom. The second-order valence-corrected chi connectivity index (χ2v) is 7.46.